The Labute approximate surface area is 212 Å². The first-order valence-corrected chi connectivity index (χ1v) is 10.8. The Hall–Kier alpha value is -0.990. The summed E-state index contributed by atoms with van der Waals surface area (Å²) >= 11 is 13.8. The summed E-state index contributed by atoms with van der Waals surface area (Å²) in [6.07, 6.45) is 5.61. The molecule has 0 fully saturated rings. The summed E-state index contributed by atoms with van der Waals surface area (Å²) < 4.78 is 0. The number of nitrogens with zero attached hydrogens (tertiary/aromatic N) is 2. The minimum absolute atomic E-state index is 0. The SMILES string of the molecule is Br.Br.Clc1ccc(CN=C(NCc2ccccc2)SCCCc2cnc[nH]2)cc1Cl. The number of nitrogens with one attached hydrogen (secondary N) is 2. The van der Waals surface area contributed by atoms with Gasteiger partial charge in [0.15, 0.2) is 5.17 Å². The van der Waals surface area contributed by atoms with Gasteiger partial charge < -0.3 is 10.3 Å². The quantitative estimate of drug-likeness (QED) is 0.170. The zero-order valence-electron chi connectivity index (χ0n) is 16.2. The highest BCUT2D eigenvalue weighted by molar-refractivity contribution is 8.93. The fourth-order valence-electron chi connectivity index (χ4n) is 2.58. The summed E-state index contributed by atoms with van der Waals surface area (Å²) in [6.45, 7) is 1.30. The van der Waals surface area contributed by atoms with Crippen LogP contribution in [0.1, 0.15) is 23.2 Å². The van der Waals surface area contributed by atoms with Crippen LogP contribution in [0.5, 0.6) is 0 Å². The summed E-state index contributed by atoms with van der Waals surface area (Å²) in [4.78, 5) is 12.0. The van der Waals surface area contributed by atoms with Crippen LogP contribution in [0.4, 0.5) is 0 Å². The maximum Gasteiger partial charge on any atom is 0.157 e. The van der Waals surface area contributed by atoms with E-state index in [1.807, 2.05) is 42.6 Å². The predicted octanol–water partition coefficient (Wildman–Crippen LogP) is 6.88. The molecule has 30 heavy (non-hydrogen) atoms. The van der Waals surface area contributed by atoms with Gasteiger partial charge in [0.25, 0.3) is 0 Å². The normalized spacial score (nSPS) is 10.8. The minimum atomic E-state index is 0. The van der Waals surface area contributed by atoms with Gasteiger partial charge in [-0.05, 0) is 36.1 Å². The molecule has 2 N–H and O–H groups in total. The predicted molar refractivity (Wildman–Crippen MR) is 141 cm³/mol. The van der Waals surface area contributed by atoms with Gasteiger partial charge in [-0.15, -0.1) is 34.0 Å². The first-order chi connectivity index (χ1) is 13.7. The van der Waals surface area contributed by atoms with Crippen LogP contribution in [-0.4, -0.2) is 20.9 Å². The van der Waals surface area contributed by atoms with Crippen LogP contribution >= 0.6 is 68.9 Å². The zero-order chi connectivity index (χ0) is 19.6. The largest absolute Gasteiger partial charge is 0.361 e. The molecule has 0 aliphatic rings. The molecule has 9 heteroatoms. The fourth-order valence-corrected chi connectivity index (χ4v) is 3.71. The highest BCUT2D eigenvalue weighted by Crippen LogP contribution is 2.23. The van der Waals surface area contributed by atoms with Crippen molar-refractivity contribution in [1.29, 1.82) is 0 Å². The lowest BCUT2D eigenvalue weighted by Gasteiger charge is -2.10. The third-order valence-electron chi connectivity index (χ3n) is 4.06. The monoisotopic (exact) mass is 592 g/mol. The smallest absolute Gasteiger partial charge is 0.157 e. The number of thioether (sulfide) groups is 1. The summed E-state index contributed by atoms with van der Waals surface area (Å²) in [5.74, 6) is 0.973. The van der Waals surface area contributed by atoms with Crippen LogP contribution in [0.3, 0.4) is 0 Å². The number of hydrogen-bond acceptors (Lipinski definition) is 3. The van der Waals surface area contributed by atoms with E-state index in [4.69, 9.17) is 28.2 Å². The molecule has 162 valence electrons. The molecule has 0 radical (unpaired) electrons. The van der Waals surface area contributed by atoms with E-state index < -0.39 is 0 Å². The molecule has 0 aliphatic carbocycles. The van der Waals surface area contributed by atoms with Crippen molar-refractivity contribution < 1.29 is 0 Å². The number of aromatic nitrogens is 2. The van der Waals surface area contributed by atoms with Crippen LogP contribution in [-0.2, 0) is 19.5 Å². The lowest BCUT2D eigenvalue weighted by Crippen LogP contribution is -2.20. The molecule has 2 aromatic carbocycles. The van der Waals surface area contributed by atoms with Crippen molar-refractivity contribution in [2.75, 3.05) is 5.75 Å². The number of rotatable bonds is 8. The van der Waals surface area contributed by atoms with Crippen molar-refractivity contribution in [2.24, 2.45) is 4.99 Å². The van der Waals surface area contributed by atoms with E-state index in [2.05, 4.69) is 27.4 Å². The van der Waals surface area contributed by atoms with Gasteiger partial charge in [0.2, 0.25) is 0 Å². The number of aryl methyl sites for hydroxylation is 1. The van der Waals surface area contributed by atoms with E-state index >= 15 is 0 Å². The number of benzene rings is 2. The first-order valence-electron chi connectivity index (χ1n) is 9.07. The van der Waals surface area contributed by atoms with Crippen molar-refractivity contribution in [3.63, 3.8) is 0 Å². The van der Waals surface area contributed by atoms with Crippen molar-refractivity contribution in [1.82, 2.24) is 15.3 Å². The van der Waals surface area contributed by atoms with Gasteiger partial charge in [0.1, 0.15) is 0 Å². The molecule has 0 saturated carbocycles. The number of imidazole rings is 1. The fraction of sp³-hybridized carbons (Fsp3) is 0.238. The van der Waals surface area contributed by atoms with Gasteiger partial charge in [-0.3, -0.25) is 4.99 Å². The Bertz CT molecular complexity index is 893. The molecule has 0 saturated heterocycles. The van der Waals surface area contributed by atoms with Crippen molar-refractivity contribution in [2.45, 2.75) is 25.9 Å². The lowest BCUT2D eigenvalue weighted by molar-refractivity contribution is 0.897. The van der Waals surface area contributed by atoms with Gasteiger partial charge >= 0.3 is 0 Å². The molecule has 4 nitrogen and oxygen atoms in total. The Balaban J connectivity index is 0.00000225. The van der Waals surface area contributed by atoms with E-state index in [1.165, 1.54) is 5.56 Å². The highest BCUT2D eigenvalue weighted by Gasteiger charge is 2.04. The number of halogens is 4. The van der Waals surface area contributed by atoms with Gasteiger partial charge in [0.05, 0.1) is 22.9 Å². The third-order valence-corrected chi connectivity index (χ3v) is 5.84. The number of amidine groups is 1. The van der Waals surface area contributed by atoms with E-state index in [-0.39, 0.29) is 34.0 Å². The summed E-state index contributed by atoms with van der Waals surface area (Å²) in [5.41, 5.74) is 3.42. The Kier molecular flexibility index (Phi) is 13.4. The number of aromatic amines is 1. The molecule has 0 aliphatic heterocycles. The standard InChI is InChI=1S/C21H22Cl2N4S.2BrH/c22-19-9-8-17(11-20(19)23)13-26-21(25-12-16-5-2-1-3-6-16)28-10-4-7-18-14-24-15-27-18;;/h1-3,5-6,8-9,11,14-15H,4,7,10,12-13H2,(H,24,27)(H,25,26);2*1H. The van der Waals surface area contributed by atoms with Gasteiger partial charge in [-0.25, -0.2) is 4.98 Å². The van der Waals surface area contributed by atoms with E-state index in [1.54, 1.807) is 18.1 Å². The maximum absolute atomic E-state index is 6.11. The summed E-state index contributed by atoms with van der Waals surface area (Å²) in [7, 11) is 0. The minimum Gasteiger partial charge on any atom is -0.361 e. The molecular formula is C21H24Br2Cl2N4S. The van der Waals surface area contributed by atoms with E-state index in [0.717, 1.165) is 41.6 Å². The summed E-state index contributed by atoms with van der Waals surface area (Å²) in [5, 5.41) is 5.51. The average Bonchev–Trinajstić information content (AvgIpc) is 3.23. The second-order valence-electron chi connectivity index (χ2n) is 6.24. The molecule has 0 atom stereocenters. The topological polar surface area (TPSA) is 53.1 Å². The van der Waals surface area contributed by atoms with Crippen LogP contribution in [0.25, 0.3) is 0 Å². The summed E-state index contributed by atoms with van der Waals surface area (Å²) in [6, 6.07) is 15.9. The second-order valence-corrected chi connectivity index (χ2v) is 8.14. The van der Waals surface area contributed by atoms with E-state index in [9.17, 15) is 0 Å². The van der Waals surface area contributed by atoms with Gasteiger partial charge in [0, 0.05) is 24.2 Å². The number of hydrogen-bond donors (Lipinski definition) is 2. The molecule has 1 heterocycles. The number of H-pyrrole nitrogens is 1. The van der Waals surface area contributed by atoms with Crippen molar-refractivity contribution in [3.05, 3.63) is 87.9 Å². The molecule has 0 amide bonds. The average molecular weight is 595 g/mol. The molecule has 0 unspecified atom stereocenters. The number of aliphatic imine (C=N–C) groups is 1. The molecule has 3 aromatic rings. The molecular weight excluding hydrogens is 571 g/mol. The van der Waals surface area contributed by atoms with Gasteiger partial charge in [-0.1, -0.05) is 71.4 Å². The molecule has 0 spiro atoms. The first kappa shape index (κ1) is 27.0. The Morgan fingerprint density at radius 3 is 2.53 bits per heavy atom. The third kappa shape index (κ3) is 9.43. The van der Waals surface area contributed by atoms with Crippen LogP contribution in [0.15, 0.2) is 66.0 Å². The van der Waals surface area contributed by atoms with Crippen molar-refractivity contribution in [3.8, 4) is 0 Å². The van der Waals surface area contributed by atoms with Crippen molar-refractivity contribution >= 4 is 74.1 Å². The molecule has 1 aromatic heterocycles. The molecule has 0 bridgehead atoms. The second kappa shape index (κ2) is 14.9. The maximum atomic E-state index is 6.11. The Morgan fingerprint density at radius 1 is 1.03 bits per heavy atom. The van der Waals surface area contributed by atoms with Gasteiger partial charge in [-0.2, -0.15) is 0 Å². The van der Waals surface area contributed by atoms with E-state index in [0.29, 0.717) is 16.6 Å². The zero-order valence-corrected chi connectivity index (χ0v) is 21.9. The Morgan fingerprint density at radius 2 is 1.83 bits per heavy atom. The van der Waals surface area contributed by atoms with Crippen LogP contribution in [0.2, 0.25) is 10.0 Å². The lowest BCUT2D eigenvalue weighted by atomic mass is 10.2. The highest BCUT2D eigenvalue weighted by atomic mass is 79.9. The molecule has 3 rings (SSSR count). The van der Waals surface area contributed by atoms with Crippen LogP contribution in [0, 0.1) is 0 Å². The van der Waals surface area contributed by atoms with Crippen LogP contribution < -0.4 is 5.32 Å².